The van der Waals surface area contributed by atoms with Gasteiger partial charge in [-0.05, 0) is 32.1 Å². The van der Waals surface area contributed by atoms with Gasteiger partial charge >= 0.3 is 12.0 Å². The maximum absolute atomic E-state index is 12.6. The van der Waals surface area contributed by atoms with E-state index in [9.17, 15) is 14.7 Å². The largest absolute Gasteiger partial charge is 0.479 e. The van der Waals surface area contributed by atoms with Crippen LogP contribution in [-0.4, -0.2) is 52.1 Å². The van der Waals surface area contributed by atoms with E-state index in [-0.39, 0.29) is 12.1 Å². The fourth-order valence-electron chi connectivity index (χ4n) is 2.71. The molecule has 5 nitrogen and oxygen atoms in total. The highest BCUT2D eigenvalue weighted by atomic mass is 16.4. The van der Waals surface area contributed by atoms with E-state index in [0.29, 0.717) is 25.3 Å². The van der Waals surface area contributed by atoms with Crippen LogP contribution in [0.1, 0.15) is 47.0 Å². The molecule has 110 valence electrons. The topological polar surface area (TPSA) is 60.9 Å². The lowest BCUT2D eigenvalue weighted by Gasteiger charge is -2.39. The number of rotatable bonds is 4. The van der Waals surface area contributed by atoms with Crippen LogP contribution in [0.5, 0.6) is 0 Å². The van der Waals surface area contributed by atoms with Gasteiger partial charge in [-0.25, -0.2) is 9.59 Å². The van der Waals surface area contributed by atoms with Gasteiger partial charge in [0.2, 0.25) is 0 Å². The summed E-state index contributed by atoms with van der Waals surface area (Å²) in [5.41, 5.74) is -1.01. The molecule has 2 atom stereocenters. The Morgan fingerprint density at radius 3 is 2.37 bits per heavy atom. The molecule has 1 aliphatic rings. The molecule has 0 aromatic rings. The summed E-state index contributed by atoms with van der Waals surface area (Å²) >= 11 is 0. The Kier molecular flexibility index (Phi) is 4.82. The first kappa shape index (κ1) is 15.8. The number of nitrogens with zero attached hydrogens (tertiary/aromatic N) is 2. The lowest BCUT2D eigenvalue weighted by Crippen LogP contribution is -2.57. The zero-order valence-corrected chi connectivity index (χ0v) is 12.6. The quantitative estimate of drug-likeness (QED) is 0.853. The second-order valence-electron chi connectivity index (χ2n) is 5.82. The van der Waals surface area contributed by atoms with E-state index >= 15 is 0 Å². The van der Waals surface area contributed by atoms with Crippen molar-refractivity contribution in [1.82, 2.24) is 9.80 Å². The molecule has 0 aliphatic carbocycles. The lowest BCUT2D eigenvalue weighted by atomic mass is 9.93. The zero-order valence-electron chi connectivity index (χ0n) is 12.6. The first-order valence-electron chi connectivity index (χ1n) is 7.05. The minimum atomic E-state index is -1.01. The van der Waals surface area contributed by atoms with Gasteiger partial charge in [-0.1, -0.05) is 20.8 Å². The molecular formula is C14H26N2O3. The number of aliphatic carboxylic acids is 1. The summed E-state index contributed by atoms with van der Waals surface area (Å²) in [6.07, 6.45) is 1.77. The second kappa shape index (κ2) is 5.80. The fraction of sp³-hybridized carbons (Fsp3) is 0.857. The summed E-state index contributed by atoms with van der Waals surface area (Å²) in [6, 6.07) is -0.0700. The highest BCUT2D eigenvalue weighted by Gasteiger charge is 2.49. The molecule has 1 saturated heterocycles. The first-order chi connectivity index (χ1) is 8.77. The smallest absolute Gasteiger partial charge is 0.329 e. The molecule has 1 heterocycles. The van der Waals surface area contributed by atoms with Crippen LogP contribution in [-0.2, 0) is 4.79 Å². The van der Waals surface area contributed by atoms with E-state index in [0.717, 1.165) is 6.42 Å². The summed E-state index contributed by atoms with van der Waals surface area (Å²) in [5, 5.41) is 9.50. The fourth-order valence-corrected chi connectivity index (χ4v) is 2.71. The number of carboxylic acid groups (broad SMARTS) is 1. The number of hydrogen-bond acceptors (Lipinski definition) is 2. The van der Waals surface area contributed by atoms with E-state index < -0.39 is 11.5 Å². The van der Waals surface area contributed by atoms with Crippen LogP contribution in [0.4, 0.5) is 4.79 Å². The molecule has 5 heteroatoms. The van der Waals surface area contributed by atoms with Crippen LogP contribution in [0.15, 0.2) is 0 Å². The van der Waals surface area contributed by atoms with Crippen molar-refractivity contribution in [2.75, 3.05) is 13.6 Å². The predicted molar refractivity (Wildman–Crippen MR) is 74.1 cm³/mol. The van der Waals surface area contributed by atoms with Gasteiger partial charge in [-0.2, -0.15) is 0 Å². The van der Waals surface area contributed by atoms with E-state index in [2.05, 4.69) is 13.8 Å². The second-order valence-corrected chi connectivity index (χ2v) is 5.82. The minimum absolute atomic E-state index is 0.0939. The highest BCUT2D eigenvalue weighted by molar-refractivity contribution is 5.87. The Bertz CT molecular complexity index is 357. The lowest BCUT2D eigenvalue weighted by molar-refractivity contribution is -0.148. The van der Waals surface area contributed by atoms with Gasteiger partial charge in [-0.15, -0.1) is 0 Å². The Hall–Kier alpha value is -1.26. The third-order valence-electron chi connectivity index (χ3n) is 4.58. The summed E-state index contributed by atoms with van der Waals surface area (Å²) in [6.45, 7) is 8.48. The van der Waals surface area contributed by atoms with Gasteiger partial charge in [-0.3, -0.25) is 0 Å². The van der Waals surface area contributed by atoms with Gasteiger partial charge < -0.3 is 14.9 Å². The van der Waals surface area contributed by atoms with Crippen molar-refractivity contribution in [1.29, 1.82) is 0 Å². The van der Waals surface area contributed by atoms with Crippen LogP contribution in [0, 0.1) is 5.92 Å². The number of hydrogen-bond donors (Lipinski definition) is 1. The number of carboxylic acids is 1. The minimum Gasteiger partial charge on any atom is -0.479 e. The Labute approximate surface area is 115 Å². The van der Waals surface area contributed by atoms with E-state index in [1.54, 1.807) is 16.8 Å². The predicted octanol–water partition coefficient (Wildman–Crippen LogP) is 2.41. The molecule has 0 saturated carbocycles. The van der Waals surface area contributed by atoms with Gasteiger partial charge in [0.1, 0.15) is 5.54 Å². The van der Waals surface area contributed by atoms with Crippen molar-refractivity contribution < 1.29 is 14.7 Å². The molecule has 2 amide bonds. The Morgan fingerprint density at radius 2 is 1.95 bits per heavy atom. The monoisotopic (exact) mass is 270 g/mol. The molecule has 0 aromatic heterocycles. The van der Waals surface area contributed by atoms with Gasteiger partial charge in [0.05, 0.1) is 0 Å². The van der Waals surface area contributed by atoms with Crippen LogP contribution in [0.25, 0.3) is 0 Å². The average molecular weight is 270 g/mol. The molecule has 0 aromatic carbocycles. The van der Waals surface area contributed by atoms with Gasteiger partial charge in [0, 0.05) is 19.6 Å². The third kappa shape index (κ3) is 2.69. The third-order valence-corrected chi connectivity index (χ3v) is 4.58. The molecule has 0 radical (unpaired) electrons. The molecular weight excluding hydrogens is 244 g/mol. The normalized spacial score (nSPS) is 24.6. The number of likely N-dealkylation sites (tertiary alicyclic amines) is 1. The van der Waals surface area contributed by atoms with Crippen LogP contribution >= 0.6 is 0 Å². The van der Waals surface area contributed by atoms with Crippen molar-refractivity contribution in [3.05, 3.63) is 0 Å². The number of carbonyl (C=O) groups excluding carboxylic acids is 1. The maximum Gasteiger partial charge on any atom is 0.329 e. The number of carbonyl (C=O) groups is 2. The summed E-state index contributed by atoms with van der Waals surface area (Å²) in [4.78, 5) is 27.4. The van der Waals surface area contributed by atoms with E-state index in [1.165, 1.54) is 0 Å². The number of amides is 2. The van der Waals surface area contributed by atoms with Crippen molar-refractivity contribution in [2.24, 2.45) is 5.92 Å². The van der Waals surface area contributed by atoms with Crippen LogP contribution < -0.4 is 0 Å². The van der Waals surface area contributed by atoms with E-state index in [4.69, 9.17) is 0 Å². The molecule has 19 heavy (non-hydrogen) atoms. The average Bonchev–Trinajstić information content (AvgIpc) is 2.80. The Morgan fingerprint density at radius 1 is 1.37 bits per heavy atom. The summed E-state index contributed by atoms with van der Waals surface area (Å²) in [5.74, 6) is -0.538. The molecule has 1 aliphatic heterocycles. The number of urea groups is 1. The molecule has 1 fully saturated rings. The Balaban J connectivity index is 2.95. The highest BCUT2D eigenvalue weighted by Crippen LogP contribution is 2.34. The maximum atomic E-state index is 12.6. The zero-order chi connectivity index (χ0) is 14.8. The molecule has 1 N–H and O–H groups in total. The summed E-state index contributed by atoms with van der Waals surface area (Å²) in [7, 11) is 1.76. The van der Waals surface area contributed by atoms with Gasteiger partial charge in [0.25, 0.3) is 0 Å². The van der Waals surface area contributed by atoms with Gasteiger partial charge in [0.15, 0.2) is 0 Å². The van der Waals surface area contributed by atoms with Crippen molar-refractivity contribution in [3.63, 3.8) is 0 Å². The summed E-state index contributed by atoms with van der Waals surface area (Å²) < 4.78 is 0. The van der Waals surface area contributed by atoms with Crippen LogP contribution in [0.2, 0.25) is 0 Å². The first-order valence-corrected chi connectivity index (χ1v) is 7.05. The molecule has 0 bridgehead atoms. The van der Waals surface area contributed by atoms with Crippen molar-refractivity contribution >= 4 is 12.0 Å². The van der Waals surface area contributed by atoms with E-state index in [1.807, 2.05) is 13.8 Å². The van der Waals surface area contributed by atoms with Crippen LogP contribution in [0.3, 0.4) is 0 Å². The standard InChI is InChI=1S/C14H26N2O3/c1-6-14(12(17)18)8-7-9-16(14)13(19)15(5)11(4)10(2)3/h10-11H,6-9H2,1-5H3,(H,17,18). The molecule has 1 rings (SSSR count). The van der Waals surface area contributed by atoms with Crippen molar-refractivity contribution in [2.45, 2.75) is 58.5 Å². The molecule has 2 unspecified atom stereocenters. The SMILES string of the molecule is CCC1(C(=O)O)CCCN1C(=O)N(C)C(C)C(C)C. The van der Waals surface area contributed by atoms with Crippen molar-refractivity contribution in [3.8, 4) is 0 Å². The molecule has 0 spiro atoms.